The molecule has 1 aromatic rings. The smallest absolute Gasteiger partial charge is 0.134 e. The molecule has 3 rings (SSSR count). The lowest BCUT2D eigenvalue weighted by molar-refractivity contribution is 0.260. The first kappa shape index (κ1) is 13.3. The van der Waals surface area contributed by atoms with Gasteiger partial charge in [-0.15, -0.1) is 0 Å². The minimum absolute atomic E-state index is 0.0483. The summed E-state index contributed by atoms with van der Waals surface area (Å²) < 4.78 is 0.926. The number of anilines is 1. The van der Waals surface area contributed by atoms with Crippen LogP contribution < -0.4 is 4.90 Å². The lowest BCUT2D eigenvalue weighted by atomic mass is 10.2. The molecule has 0 bridgehead atoms. The van der Waals surface area contributed by atoms with Gasteiger partial charge in [0.05, 0.1) is 6.61 Å². The average molecular weight is 326 g/mol. The first-order chi connectivity index (χ1) is 9.28. The van der Waals surface area contributed by atoms with Crippen LogP contribution in [0.15, 0.2) is 16.7 Å². The Labute approximate surface area is 122 Å². The Hall–Kier alpha value is -0.650. The summed E-state index contributed by atoms with van der Waals surface area (Å²) in [4.78, 5) is 9.42. The van der Waals surface area contributed by atoms with Gasteiger partial charge in [-0.3, -0.25) is 4.90 Å². The molecule has 0 radical (unpaired) electrons. The van der Waals surface area contributed by atoms with E-state index in [0.29, 0.717) is 6.04 Å². The molecule has 0 spiro atoms. The monoisotopic (exact) mass is 325 g/mol. The van der Waals surface area contributed by atoms with Crippen molar-refractivity contribution >= 4 is 21.7 Å². The second-order valence-electron chi connectivity index (χ2n) is 5.43. The average Bonchev–Trinajstić information content (AvgIpc) is 3.09. The summed E-state index contributed by atoms with van der Waals surface area (Å²) in [6.07, 6.45) is 5.71. The Morgan fingerprint density at radius 1 is 1.32 bits per heavy atom. The van der Waals surface area contributed by atoms with Crippen LogP contribution in [0.1, 0.15) is 24.8 Å². The van der Waals surface area contributed by atoms with Crippen LogP contribution in [0, 0.1) is 0 Å². The first-order valence-electron chi connectivity index (χ1n) is 7.02. The number of aliphatic hydroxyl groups is 1. The van der Waals surface area contributed by atoms with Gasteiger partial charge >= 0.3 is 0 Å². The van der Waals surface area contributed by atoms with Crippen LogP contribution in [0.2, 0.25) is 0 Å². The lowest BCUT2D eigenvalue weighted by Crippen LogP contribution is -2.35. The molecule has 3 heterocycles. The second kappa shape index (κ2) is 5.77. The highest BCUT2D eigenvalue weighted by Gasteiger charge is 2.30. The number of aromatic nitrogens is 1. The molecule has 1 unspecified atom stereocenters. The zero-order valence-electron chi connectivity index (χ0n) is 11.1. The topological polar surface area (TPSA) is 39.6 Å². The molecule has 5 heteroatoms. The maximum absolute atomic E-state index is 9.48. The van der Waals surface area contributed by atoms with Gasteiger partial charge in [-0.1, -0.05) is 0 Å². The predicted molar refractivity (Wildman–Crippen MR) is 79.3 cm³/mol. The van der Waals surface area contributed by atoms with E-state index in [1.54, 1.807) is 0 Å². The number of hydrogen-bond acceptors (Lipinski definition) is 4. The predicted octanol–water partition coefficient (Wildman–Crippen LogP) is 2.01. The Morgan fingerprint density at radius 2 is 2.11 bits per heavy atom. The summed E-state index contributed by atoms with van der Waals surface area (Å²) in [5, 5.41) is 9.48. The molecule has 4 nitrogen and oxygen atoms in total. The number of rotatable bonds is 3. The van der Waals surface area contributed by atoms with Gasteiger partial charge in [-0.2, -0.15) is 0 Å². The molecule has 0 aliphatic carbocycles. The van der Waals surface area contributed by atoms with Crippen LogP contribution in [0.5, 0.6) is 0 Å². The van der Waals surface area contributed by atoms with Crippen molar-refractivity contribution in [3.05, 3.63) is 22.3 Å². The summed E-state index contributed by atoms with van der Waals surface area (Å²) >= 11 is 3.41. The van der Waals surface area contributed by atoms with Gasteiger partial charge in [-0.05, 0) is 54.3 Å². The minimum Gasteiger partial charge on any atom is -0.392 e. The van der Waals surface area contributed by atoms with E-state index in [0.717, 1.165) is 28.9 Å². The third-order valence-corrected chi connectivity index (χ3v) is 4.63. The molecule has 104 valence electrons. The number of nitrogens with zero attached hydrogens (tertiary/aromatic N) is 3. The van der Waals surface area contributed by atoms with E-state index in [-0.39, 0.29) is 6.61 Å². The van der Waals surface area contributed by atoms with Gasteiger partial charge in [0.15, 0.2) is 0 Å². The van der Waals surface area contributed by atoms with Gasteiger partial charge in [0.25, 0.3) is 0 Å². The molecule has 2 fully saturated rings. The number of hydrogen-bond donors (Lipinski definition) is 1. The zero-order chi connectivity index (χ0) is 13.2. The van der Waals surface area contributed by atoms with Crippen molar-refractivity contribution in [3.63, 3.8) is 0 Å². The van der Waals surface area contributed by atoms with Gasteiger partial charge < -0.3 is 10.0 Å². The van der Waals surface area contributed by atoms with Crippen LogP contribution in [0.3, 0.4) is 0 Å². The molecule has 1 N–H and O–H groups in total. The molecule has 2 aliphatic heterocycles. The Balaban J connectivity index is 1.73. The van der Waals surface area contributed by atoms with Crippen molar-refractivity contribution < 1.29 is 5.11 Å². The molecule has 2 aliphatic rings. The molecule has 1 aromatic heterocycles. The number of pyridine rings is 1. The molecular weight excluding hydrogens is 306 g/mol. The molecule has 2 saturated heterocycles. The number of likely N-dealkylation sites (tertiary alicyclic amines) is 1. The summed E-state index contributed by atoms with van der Waals surface area (Å²) in [5.41, 5.74) is 0.913. The van der Waals surface area contributed by atoms with Crippen LogP contribution in [-0.4, -0.2) is 47.2 Å². The molecule has 0 saturated carbocycles. The molecule has 19 heavy (non-hydrogen) atoms. The maximum Gasteiger partial charge on any atom is 0.134 e. The Bertz CT molecular complexity index is 448. The molecule has 1 atom stereocenters. The van der Waals surface area contributed by atoms with Crippen LogP contribution in [0.25, 0.3) is 0 Å². The van der Waals surface area contributed by atoms with Gasteiger partial charge in [-0.25, -0.2) is 4.98 Å². The van der Waals surface area contributed by atoms with E-state index in [2.05, 4.69) is 30.7 Å². The molecule has 0 amide bonds. The Morgan fingerprint density at radius 3 is 2.84 bits per heavy atom. The van der Waals surface area contributed by atoms with Crippen molar-refractivity contribution in [2.75, 3.05) is 31.1 Å². The zero-order valence-corrected chi connectivity index (χ0v) is 12.6. The second-order valence-corrected chi connectivity index (χ2v) is 6.34. The maximum atomic E-state index is 9.48. The highest BCUT2D eigenvalue weighted by atomic mass is 79.9. The highest BCUT2D eigenvalue weighted by molar-refractivity contribution is 9.10. The number of aliphatic hydroxyl groups excluding tert-OH is 1. The van der Waals surface area contributed by atoms with Gasteiger partial charge in [0, 0.05) is 35.4 Å². The quantitative estimate of drug-likeness (QED) is 0.922. The van der Waals surface area contributed by atoms with E-state index in [9.17, 15) is 5.11 Å². The van der Waals surface area contributed by atoms with Crippen molar-refractivity contribution in [3.8, 4) is 0 Å². The summed E-state index contributed by atoms with van der Waals surface area (Å²) in [6.45, 7) is 4.63. The number of halogens is 1. The summed E-state index contributed by atoms with van der Waals surface area (Å²) in [7, 11) is 0. The van der Waals surface area contributed by atoms with Crippen LogP contribution in [0.4, 0.5) is 5.82 Å². The summed E-state index contributed by atoms with van der Waals surface area (Å²) in [6, 6.07) is 2.63. The summed E-state index contributed by atoms with van der Waals surface area (Å²) in [5.74, 6) is 0.951. The van der Waals surface area contributed by atoms with Gasteiger partial charge in [0.1, 0.15) is 5.82 Å². The lowest BCUT2D eigenvalue weighted by Gasteiger charge is -2.24. The van der Waals surface area contributed by atoms with Crippen molar-refractivity contribution in [1.29, 1.82) is 0 Å². The van der Waals surface area contributed by atoms with E-state index >= 15 is 0 Å². The molecular formula is C14H20BrN3O. The van der Waals surface area contributed by atoms with Crippen LogP contribution >= 0.6 is 15.9 Å². The fraction of sp³-hybridized carbons (Fsp3) is 0.643. The SMILES string of the molecule is OCc1cc(Br)cnc1N1CCC(N2CCCC2)C1. The first-order valence-corrected chi connectivity index (χ1v) is 7.81. The third kappa shape index (κ3) is 2.78. The fourth-order valence-electron chi connectivity index (χ4n) is 3.21. The molecule has 0 aromatic carbocycles. The van der Waals surface area contributed by atoms with Crippen molar-refractivity contribution in [2.24, 2.45) is 0 Å². The Kier molecular flexibility index (Phi) is 4.05. The van der Waals surface area contributed by atoms with Crippen molar-refractivity contribution in [2.45, 2.75) is 31.9 Å². The van der Waals surface area contributed by atoms with E-state index in [4.69, 9.17) is 0 Å². The van der Waals surface area contributed by atoms with E-state index in [1.807, 2.05) is 12.3 Å². The standard InChI is InChI=1S/C14H20BrN3O/c15-12-7-11(10-19)14(16-8-12)18-6-3-13(9-18)17-4-1-2-5-17/h7-8,13,19H,1-6,9-10H2. The third-order valence-electron chi connectivity index (χ3n) is 4.20. The fourth-order valence-corrected chi connectivity index (χ4v) is 3.59. The normalized spacial score (nSPS) is 24.3. The van der Waals surface area contributed by atoms with Crippen molar-refractivity contribution in [1.82, 2.24) is 9.88 Å². The van der Waals surface area contributed by atoms with E-state index in [1.165, 1.54) is 32.4 Å². The van der Waals surface area contributed by atoms with Crippen LogP contribution in [-0.2, 0) is 6.61 Å². The van der Waals surface area contributed by atoms with Gasteiger partial charge in [0.2, 0.25) is 0 Å². The minimum atomic E-state index is 0.0483. The van der Waals surface area contributed by atoms with E-state index < -0.39 is 0 Å². The highest BCUT2D eigenvalue weighted by Crippen LogP contribution is 2.27. The largest absolute Gasteiger partial charge is 0.392 e.